The fourth-order valence-corrected chi connectivity index (χ4v) is 2.17. The van der Waals surface area contributed by atoms with Crippen LogP contribution in [-0.2, 0) is 4.79 Å². The van der Waals surface area contributed by atoms with Crippen LogP contribution in [0.5, 0.6) is 0 Å². The normalized spacial score (nSPS) is 16.5. The summed E-state index contributed by atoms with van der Waals surface area (Å²) in [5, 5.41) is 6.78. The molecule has 0 unspecified atom stereocenters. The Morgan fingerprint density at radius 1 is 1.39 bits per heavy atom. The van der Waals surface area contributed by atoms with Gasteiger partial charge in [-0.3, -0.25) is 4.79 Å². The smallest absolute Gasteiger partial charge is 0.225 e. The maximum Gasteiger partial charge on any atom is 0.225 e. The van der Waals surface area contributed by atoms with Crippen LogP contribution >= 0.6 is 11.6 Å². The van der Waals surface area contributed by atoms with Gasteiger partial charge in [-0.25, -0.2) is 0 Å². The topological polar surface area (TPSA) is 44.4 Å². The van der Waals surface area contributed by atoms with Crippen molar-refractivity contribution in [3.8, 4) is 0 Å². The summed E-state index contributed by atoms with van der Waals surface area (Å²) in [5.41, 5.74) is 0.757. The fraction of sp³-hybridized carbons (Fsp3) is 0.462. The lowest BCUT2D eigenvalue weighted by Crippen LogP contribution is -2.44. The third-order valence-electron chi connectivity index (χ3n) is 2.97. The Hall–Kier alpha value is -1.10. The molecule has 5 heteroatoms. The number of hydrogen-bond donors (Lipinski definition) is 2. The van der Waals surface area contributed by atoms with Gasteiger partial charge in [0.1, 0.15) is 0 Å². The molecule has 1 aromatic rings. The maximum atomic E-state index is 11.8. The van der Waals surface area contributed by atoms with E-state index in [2.05, 4.69) is 15.5 Å². The number of carbonyl (C=O) groups is 1. The quantitative estimate of drug-likeness (QED) is 0.871. The average molecular weight is 268 g/mol. The summed E-state index contributed by atoms with van der Waals surface area (Å²) in [4.78, 5) is 14.1. The van der Waals surface area contributed by atoms with Gasteiger partial charge in [-0.15, -0.1) is 0 Å². The Morgan fingerprint density at radius 2 is 2.17 bits per heavy atom. The summed E-state index contributed by atoms with van der Waals surface area (Å²) in [6.07, 6.45) is 0.520. The first-order chi connectivity index (χ1) is 8.74. The molecule has 0 aliphatic carbocycles. The molecule has 1 saturated heterocycles. The van der Waals surface area contributed by atoms with Crippen molar-refractivity contribution in [2.24, 2.45) is 0 Å². The van der Waals surface area contributed by atoms with Crippen molar-refractivity contribution in [3.05, 3.63) is 29.3 Å². The predicted molar refractivity (Wildman–Crippen MR) is 74.0 cm³/mol. The van der Waals surface area contributed by atoms with Gasteiger partial charge in [0.05, 0.1) is 0 Å². The highest BCUT2D eigenvalue weighted by atomic mass is 35.5. The Morgan fingerprint density at radius 3 is 2.89 bits per heavy atom. The lowest BCUT2D eigenvalue weighted by Gasteiger charge is -2.26. The highest BCUT2D eigenvalue weighted by Gasteiger charge is 2.11. The van der Waals surface area contributed by atoms with Gasteiger partial charge < -0.3 is 15.5 Å². The number of anilines is 1. The van der Waals surface area contributed by atoms with Crippen molar-refractivity contribution in [1.82, 2.24) is 10.2 Å². The molecule has 0 saturated carbocycles. The minimum absolute atomic E-state index is 0.0378. The number of carbonyl (C=O) groups excluding carboxylic acids is 1. The number of piperazine rings is 1. The molecule has 4 nitrogen and oxygen atoms in total. The number of halogens is 1. The molecule has 2 N–H and O–H groups in total. The third kappa shape index (κ3) is 4.29. The number of nitrogens with one attached hydrogen (secondary N) is 2. The van der Waals surface area contributed by atoms with Crippen LogP contribution in [0.1, 0.15) is 6.42 Å². The monoisotopic (exact) mass is 267 g/mol. The predicted octanol–water partition coefficient (Wildman–Crippen LogP) is 1.57. The van der Waals surface area contributed by atoms with Gasteiger partial charge in [-0.05, 0) is 18.2 Å². The van der Waals surface area contributed by atoms with Crippen LogP contribution in [-0.4, -0.2) is 43.5 Å². The average Bonchev–Trinajstić information content (AvgIpc) is 2.38. The van der Waals surface area contributed by atoms with Gasteiger partial charge in [0.25, 0.3) is 0 Å². The summed E-state index contributed by atoms with van der Waals surface area (Å²) >= 11 is 5.86. The van der Waals surface area contributed by atoms with E-state index in [4.69, 9.17) is 11.6 Å². The van der Waals surface area contributed by atoms with Crippen LogP contribution in [0.25, 0.3) is 0 Å². The molecule has 1 amide bonds. The summed E-state index contributed by atoms with van der Waals surface area (Å²) in [5.74, 6) is 0.0378. The number of rotatable bonds is 4. The van der Waals surface area contributed by atoms with E-state index in [0.717, 1.165) is 38.4 Å². The van der Waals surface area contributed by atoms with Gasteiger partial charge in [0.2, 0.25) is 5.91 Å². The van der Waals surface area contributed by atoms with Crippen LogP contribution in [0.3, 0.4) is 0 Å². The van der Waals surface area contributed by atoms with E-state index in [1.165, 1.54) is 0 Å². The standard InChI is InChI=1S/C13H18ClN3O/c14-11-2-1-3-12(10-11)16-13(18)4-7-17-8-5-15-6-9-17/h1-3,10,15H,4-9H2,(H,16,18). The van der Waals surface area contributed by atoms with Crippen molar-refractivity contribution in [2.75, 3.05) is 38.0 Å². The van der Waals surface area contributed by atoms with Crippen LogP contribution in [0.2, 0.25) is 5.02 Å². The molecule has 1 aromatic carbocycles. The lowest BCUT2D eigenvalue weighted by molar-refractivity contribution is -0.116. The zero-order chi connectivity index (χ0) is 12.8. The minimum atomic E-state index is 0.0378. The molecule has 1 heterocycles. The summed E-state index contributed by atoms with van der Waals surface area (Å²) in [7, 11) is 0. The van der Waals surface area contributed by atoms with Crippen LogP contribution in [0, 0.1) is 0 Å². The lowest BCUT2D eigenvalue weighted by atomic mass is 10.3. The Balaban J connectivity index is 1.74. The summed E-state index contributed by atoms with van der Waals surface area (Å²) in [6.45, 7) is 4.87. The van der Waals surface area contributed by atoms with Crippen molar-refractivity contribution in [1.29, 1.82) is 0 Å². The molecule has 0 aromatic heterocycles. The first-order valence-electron chi connectivity index (χ1n) is 6.22. The molecule has 0 bridgehead atoms. The zero-order valence-electron chi connectivity index (χ0n) is 10.3. The van der Waals surface area contributed by atoms with Crippen LogP contribution in [0.15, 0.2) is 24.3 Å². The van der Waals surface area contributed by atoms with E-state index in [0.29, 0.717) is 11.4 Å². The molecule has 1 aliphatic heterocycles. The van der Waals surface area contributed by atoms with Crippen LogP contribution < -0.4 is 10.6 Å². The SMILES string of the molecule is O=C(CCN1CCNCC1)Nc1cccc(Cl)c1. The molecule has 1 aliphatic rings. The molecule has 0 spiro atoms. The maximum absolute atomic E-state index is 11.8. The van der Waals surface area contributed by atoms with Gasteiger partial charge in [-0.1, -0.05) is 17.7 Å². The second kappa shape index (κ2) is 6.73. The van der Waals surface area contributed by atoms with E-state index in [1.807, 2.05) is 12.1 Å². The molecule has 0 radical (unpaired) electrons. The number of nitrogens with zero attached hydrogens (tertiary/aromatic N) is 1. The zero-order valence-corrected chi connectivity index (χ0v) is 11.0. The van der Waals surface area contributed by atoms with Crippen molar-refractivity contribution in [2.45, 2.75) is 6.42 Å². The first-order valence-corrected chi connectivity index (χ1v) is 6.60. The first kappa shape index (κ1) is 13.3. The minimum Gasteiger partial charge on any atom is -0.326 e. The fourth-order valence-electron chi connectivity index (χ4n) is 1.98. The number of amides is 1. The van der Waals surface area contributed by atoms with Crippen LogP contribution in [0.4, 0.5) is 5.69 Å². The largest absolute Gasteiger partial charge is 0.326 e. The van der Waals surface area contributed by atoms with Crippen molar-refractivity contribution < 1.29 is 4.79 Å². The molecule has 0 atom stereocenters. The molecule has 2 rings (SSSR count). The molecular formula is C13H18ClN3O. The molecule has 18 heavy (non-hydrogen) atoms. The Labute approximate surface area is 112 Å². The van der Waals surface area contributed by atoms with Gasteiger partial charge in [0, 0.05) is 49.9 Å². The number of hydrogen-bond acceptors (Lipinski definition) is 3. The van der Waals surface area contributed by atoms with E-state index >= 15 is 0 Å². The van der Waals surface area contributed by atoms with E-state index < -0.39 is 0 Å². The summed E-state index contributed by atoms with van der Waals surface area (Å²) in [6, 6.07) is 7.21. The van der Waals surface area contributed by atoms with Crippen molar-refractivity contribution in [3.63, 3.8) is 0 Å². The Kier molecular flexibility index (Phi) is 4.99. The van der Waals surface area contributed by atoms with Gasteiger partial charge in [0.15, 0.2) is 0 Å². The third-order valence-corrected chi connectivity index (χ3v) is 3.21. The van der Waals surface area contributed by atoms with Gasteiger partial charge in [-0.2, -0.15) is 0 Å². The molecule has 98 valence electrons. The van der Waals surface area contributed by atoms with E-state index in [-0.39, 0.29) is 5.91 Å². The molecule has 1 fully saturated rings. The Bertz CT molecular complexity index is 405. The summed E-state index contributed by atoms with van der Waals surface area (Å²) < 4.78 is 0. The molecular weight excluding hydrogens is 250 g/mol. The van der Waals surface area contributed by atoms with E-state index in [1.54, 1.807) is 12.1 Å². The van der Waals surface area contributed by atoms with Crippen molar-refractivity contribution >= 4 is 23.2 Å². The highest BCUT2D eigenvalue weighted by molar-refractivity contribution is 6.30. The van der Waals surface area contributed by atoms with E-state index in [9.17, 15) is 4.79 Å². The van der Waals surface area contributed by atoms with Gasteiger partial charge >= 0.3 is 0 Å². The number of benzene rings is 1. The second-order valence-electron chi connectivity index (χ2n) is 4.40. The second-order valence-corrected chi connectivity index (χ2v) is 4.84. The highest BCUT2D eigenvalue weighted by Crippen LogP contribution is 2.14.